The standard InChI is InChI=1S/C30H29N5O2/c36-29(23-9-10-23)33-28-4-2-1-3-26(28)21-5-7-22(8-6-21)27-15-16-31-30(34-27)32-24-11-13-25(14-12-24)35-17-19-37-20-18-35/h1-8,11-16,23H,9-10,17-20H2,(H,33,36)(H,31,32,34). The highest BCUT2D eigenvalue weighted by Gasteiger charge is 2.30. The van der Waals surface area contributed by atoms with Crippen LogP contribution in [0.3, 0.4) is 0 Å². The van der Waals surface area contributed by atoms with Crippen molar-refractivity contribution in [3.05, 3.63) is 85.1 Å². The topological polar surface area (TPSA) is 79.4 Å². The van der Waals surface area contributed by atoms with E-state index in [9.17, 15) is 4.79 Å². The van der Waals surface area contributed by atoms with Gasteiger partial charge in [0.25, 0.3) is 0 Å². The number of morpholine rings is 1. The Balaban J connectivity index is 1.16. The molecule has 2 aliphatic rings. The normalized spacial score (nSPS) is 15.3. The number of benzene rings is 3. The van der Waals surface area contributed by atoms with Crippen molar-refractivity contribution >= 4 is 28.9 Å². The van der Waals surface area contributed by atoms with Crippen LogP contribution in [0, 0.1) is 5.92 Å². The summed E-state index contributed by atoms with van der Waals surface area (Å²) in [6.07, 6.45) is 3.74. The number of amides is 1. The molecule has 2 heterocycles. The molecule has 186 valence electrons. The smallest absolute Gasteiger partial charge is 0.227 e. The highest BCUT2D eigenvalue weighted by Crippen LogP contribution is 2.34. The van der Waals surface area contributed by atoms with Crippen LogP contribution < -0.4 is 15.5 Å². The minimum absolute atomic E-state index is 0.112. The van der Waals surface area contributed by atoms with E-state index >= 15 is 0 Å². The zero-order valence-electron chi connectivity index (χ0n) is 20.6. The third-order valence-electron chi connectivity index (χ3n) is 6.78. The molecule has 1 aliphatic carbocycles. The number of aromatic nitrogens is 2. The van der Waals surface area contributed by atoms with E-state index in [0.717, 1.165) is 72.9 Å². The summed E-state index contributed by atoms with van der Waals surface area (Å²) in [7, 11) is 0. The molecule has 1 aromatic heterocycles. The van der Waals surface area contributed by atoms with Crippen LogP contribution in [0.2, 0.25) is 0 Å². The molecular weight excluding hydrogens is 462 g/mol. The van der Waals surface area contributed by atoms with Crippen LogP contribution >= 0.6 is 0 Å². The Bertz CT molecular complexity index is 1380. The van der Waals surface area contributed by atoms with Crippen LogP contribution in [0.5, 0.6) is 0 Å². The minimum atomic E-state index is 0.112. The van der Waals surface area contributed by atoms with Crippen molar-refractivity contribution < 1.29 is 9.53 Å². The lowest BCUT2D eigenvalue weighted by Gasteiger charge is -2.28. The molecule has 0 bridgehead atoms. The molecule has 2 N–H and O–H groups in total. The SMILES string of the molecule is O=C(Nc1ccccc1-c1ccc(-c2ccnc(Nc3ccc(N4CCOCC4)cc3)n2)cc1)C1CC1. The summed E-state index contributed by atoms with van der Waals surface area (Å²) in [5.74, 6) is 0.827. The molecular formula is C30H29N5O2. The van der Waals surface area contributed by atoms with Crippen LogP contribution in [0.4, 0.5) is 23.0 Å². The van der Waals surface area contributed by atoms with Crippen molar-refractivity contribution in [2.45, 2.75) is 12.8 Å². The van der Waals surface area contributed by atoms with Crippen LogP contribution in [0.15, 0.2) is 85.1 Å². The lowest BCUT2D eigenvalue weighted by Crippen LogP contribution is -2.36. The van der Waals surface area contributed by atoms with Gasteiger partial charge in [-0.2, -0.15) is 0 Å². The van der Waals surface area contributed by atoms with Crippen molar-refractivity contribution in [3.63, 3.8) is 0 Å². The van der Waals surface area contributed by atoms with Crippen molar-refractivity contribution in [3.8, 4) is 22.4 Å². The van der Waals surface area contributed by atoms with E-state index in [-0.39, 0.29) is 11.8 Å². The number of hydrogen-bond donors (Lipinski definition) is 2. The Kier molecular flexibility index (Phi) is 6.52. The fourth-order valence-electron chi connectivity index (χ4n) is 4.53. The minimum Gasteiger partial charge on any atom is -0.378 e. The van der Waals surface area contributed by atoms with Gasteiger partial charge in [0.1, 0.15) is 0 Å². The number of carbonyl (C=O) groups excluding carboxylic acids is 1. The monoisotopic (exact) mass is 491 g/mol. The molecule has 37 heavy (non-hydrogen) atoms. The summed E-state index contributed by atoms with van der Waals surface area (Å²) >= 11 is 0. The van der Waals surface area contributed by atoms with Crippen LogP contribution in [-0.2, 0) is 9.53 Å². The van der Waals surface area contributed by atoms with Gasteiger partial charge in [-0.3, -0.25) is 4.79 Å². The van der Waals surface area contributed by atoms with Crippen LogP contribution in [-0.4, -0.2) is 42.2 Å². The fraction of sp³-hybridized carbons (Fsp3) is 0.233. The van der Waals surface area contributed by atoms with Crippen molar-refractivity contribution in [1.29, 1.82) is 0 Å². The summed E-state index contributed by atoms with van der Waals surface area (Å²) in [4.78, 5) is 23.8. The molecule has 2 fully saturated rings. The molecule has 4 aromatic rings. The molecule has 6 rings (SSSR count). The van der Waals surface area contributed by atoms with Gasteiger partial charge in [-0.05, 0) is 54.8 Å². The van der Waals surface area contributed by atoms with Gasteiger partial charge in [0.2, 0.25) is 11.9 Å². The summed E-state index contributed by atoms with van der Waals surface area (Å²) in [6.45, 7) is 3.37. The lowest BCUT2D eigenvalue weighted by molar-refractivity contribution is -0.117. The summed E-state index contributed by atoms with van der Waals surface area (Å²) in [5.41, 5.74) is 6.87. The number of hydrogen-bond acceptors (Lipinski definition) is 6. The Morgan fingerprint density at radius 2 is 1.59 bits per heavy atom. The first-order valence-electron chi connectivity index (χ1n) is 12.8. The second-order valence-electron chi connectivity index (χ2n) is 9.42. The number of anilines is 4. The highest BCUT2D eigenvalue weighted by molar-refractivity contribution is 5.98. The molecule has 0 radical (unpaired) electrons. The first kappa shape index (κ1) is 23.2. The van der Waals surface area contributed by atoms with E-state index in [1.54, 1.807) is 6.20 Å². The highest BCUT2D eigenvalue weighted by atomic mass is 16.5. The third kappa shape index (κ3) is 5.47. The molecule has 1 amide bonds. The van der Waals surface area contributed by atoms with E-state index in [4.69, 9.17) is 9.72 Å². The number of rotatable bonds is 7. The molecule has 0 unspecified atom stereocenters. The average molecular weight is 492 g/mol. The number of para-hydroxylation sites is 1. The van der Waals surface area contributed by atoms with Gasteiger partial charge in [-0.1, -0.05) is 42.5 Å². The molecule has 1 saturated carbocycles. The molecule has 0 atom stereocenters. The first-order chi connectivity index (χ1) is 18.2. The zero-order chi connectivity index (χ0) is 25.0. The first-order valence-corrected chi connectivity index (χ1v) is 12.8. The van der Waals surface area contributed by atoms with Gasteiger partial charge in [0, 0.05) is 53.4 Å². The predicted molar refractivity (Wildman–Crippen MR) is 147 cm³/mol. The van der Waals surface area contributed by atoms with E-state index in [1.165, 1.54) is 5.69 Å². The maximum absolute atomic E-state index is 12.3. The van der Waals surface area contributed by atoms with Crippen molar-refractivity contribution in [2.24, 2.45) is 5.92 Å². The van der Waals surface area contributed by atoms with Crippen molar-refractivity contribution in [1.82, 2.24) is 9.97 Å². The largest absolute Gasteiger partial charge is 0.378 e. The van der Waals surface area contributed by atoms with Gasteiger partial charge in [0.15, 0.2) is 0 Å². The van der Waals surface area contributed by atoms with Gasteiger partial charge in [-0.15, -0.1) is 0 Å². The van der Waals surface area contributed by atoms with Crippen LogP contribution in [0.1, 0.15) is 12.8 Å². The maximum atomic E-state index is 12.3. The Hall–Kier alpha value is -4.23. The van der Waals surface area contributed by atoms with E-state index < -0.39 is 0 Å². The maximum Gasteiger partial charge on any atom is 0.227 e. The number of carbonyl (C=O) groups is 1. The van der Waals surface area contributed by atoms with Gasteiger partial charge >= 0.3 is 0 Å². The molecule has 1 aliphatic heterocycles. The zero-order valence-corrected chi connectivity index (χ0v) is 20.6. The molecule has 0 spiro atoms. The molecule has 7 heteroatoms. The molecule has 3 aromatic carbocycles. The van der Waals surface area contributed by atoms with E-state index in [0.29, 0.717) is 5.95 Å². The Labute approximate surface area is 216 Å². The summed E-state index contributed by atoms with van der Waals surface area (Å²) in [6, 6.07) is 26.4. The predicted octanol–water partition coefficient (Wildman–Crippen LogP) is 5.74. The number of nitrogens with zero attached hydrogens (tertiary/aromatic N) is 3. The second kappa shape index (κ2) is 10.4. The van der Waals surface area contributed by atoms with E-state index in [2.05, 4.69) is 69.0 Å². The molecule has 1 saturated heterocycles. The van der Waals surface area contributed by atoms with E-state index in [1.807, 2.05) is 30.3 Å². The fourth-order valence-corrected chi connectivity index (χ4v) is 4.53. The number of nitrogens with one attached hydrogen (secondary N) is 2. The van der Waals surface area contributed by atoms with Crippen LogP contribution in [0.25, 0.3) is 22.4 Å². The average Bonchev–Trinajstić information content (AvgIpc) is 3.81. The van der Waals surface area contributed by atoms with Gasteiger partial charge in [-0.25, -0.2) is 9.97 Å². The number of ether oxygens (including phenoxy) is 1. The lowest BCUT2D eigenvalue weighted by atomic mass is 10.0. The Morgan fingerprint density at radius 1 is 0.865 bits per heavy atom. The summed E-state index contributed by atoms with van der Waals surface area (Å²) < 4.78 is 5.44. The third-order valence-corrected chi connectivity index (χ3v) is 6.78. The quantitative estimate of drug-likeness (QED) is 0.343. The molecule has 7 nitrogen and oxygen atoms in total. The van der Waals surface area contributed by atoms with Gasteiger partial charge < -0.3 is 20.3 Å². The summed E-state index contributed by atoms with van der Waals surface area (Å²) in [5, 5.41) is 6.41. The van der Waals surface area contributed by atoms with Crippen molar-refractivity contribution in [2.75, 3.05) is 41.8 Å². The Morgan fingerprint density at radius 3 is 2.35 bits per heavy atom. The second-order valence-corrected chi connectivity index (χ2v) is 9.42. The van der Waals surface area contributed by atoms with Gasteiger partial charge in [0.05, 0.1) is 18.9 Å².